The molecule has 1 saturated heterocycles. The number of methoxy groups -OCH3 is 3. The van der Waals surface area contributed by atoms with Gasteiger partial charge in [-0.05, 0) is 41.0 Å². The van der Waals surface area contributed by atoms with Crippen LogP contribution in [0.4, 0.5) is 5.69 Å². The highest BCUT2D eigenvalue weighted by atomic mass is 16.5. The van der Waals surface area contributed by atoms with E-state index in [4.69, 9.17) is 14.2 Å². The van der Waals surface area contributed by atoms with Gasteiger partial charge in [-0.15, -0.1) is 0 Å². The number of fused-ring (bicyclic) bond motifs is 6. The van der Waals surface area contributed by atoms with E-state index in [9.17, 15) is 9.59 Å². The van der Waals surface area contributed by atoms with Crippen molar-refractivity contribution in [2.75, 3.05) is 26.6 Å². The quantitative estimate of drug-likeness (QED) is 0.398. The van der Waals surface area contributed by atoms with E-state index in [0.29, 0.717) is 28.5 Å². The zero-order valence-electron chi connectivity index (χ0n) is 24.6. The smallest absolute Gasteiger partial charge is 0.238 e. The van der Waals surface area contributed by atoms with Crippen LogP contribution in [0.2, 0.25) is 0 Å². The first-order valence-electron chi connectivity index (χ1n) is 13.9. The monoisotopic (exact) mass is 566 g/mol. The van der Waals surface area contributed by atoms with E-state index in [2.05, 4.69) is 5.32 Å². The van der Waals surface area contributed by atoms with Gasteiger partial charge in [0.15, 0.2) is 23.1 Å². The molecule has 0 bridgehead atoms. The topological polar surface area (TPSA) is 94.2 Å². The van der Waals surface area contributed by atoms with Gasteiger partial charge in [0.2, 0.25) is 11.7 Å². The molecule has 4 atom stereocenters. The second-order valence-electron chi connectivity index (χ2n) is 12.0. The molecule has 3 aromatic rings. The lowest BCUT2D eigenvalue weighted by atomic mass is 9.62. The first-order valence-corrected chi connectivity index (χ1v) is 13.9. The number of amides is 1. The van der Waals surface area contributed by atoms with Crippen LogP contribution >= 0.6 is 0 Å². The van der Waals surface area contributed by atoms with Crippen molar-refractivity contribution in [3.8, 4) is 17.2 Å². The van der Waals surface area contributed by atoms with Crippen LogP contribution in [0.3, 0.4) is 0 Å². The Hall–Kier alpha value is -4.59. The number of ketones is 2. The fourth-order valence-electron chi connectivity index (χ4n) is 7.01. The molecule has 0 aliphatic carbocycles. The van der Waals surface area contributed by atoms with Crippen molar-refractivity contribution in [2.24, 2.45) is 11.3 Å². The number of Topliss-reactive ketones (excluding diaryl/α,β-unsaturated/α-hetero) is 2. The molecule has 216 valence electrons. The lowest BCUT2D eigenvalue weighted by Crippen LogP contribution is -2.50. The number of anilines is 1. The molecule has 8 nitrogen and oxygen atoms in total. The lowest BCUT2D eigenvalue weighted by Gasteiger charge is -2.38. The molecule has 0 saturated carbocycles. The summed E-state index contributed by atoms with van der Waals surface area (Å²) in [5, 5.41) is 3.07. The van der Waals surface area contributed by atoms with E-state index in [1.54, 1.807) is 12.1 Å². The number of hydrogen-bond donors (Lipinski definition) is 1. The normalized spacial score (nSPS) is 23.6. The van der Waals surface area contributed by atoms with Crippen LogP contribution in [0.15, 0.2) is 66.9 Å². The third-order valence-corrected chi connectivity index (χ3v) is 8.81. The predicted molar refractivity (Wildman–Crippen MR) is 159 cm³/mol. The van der Waals surface area contributed by atoms with Crippen LogP contribution in [0.1, 0.15) is 53.9 Å². The zero-order valence-corrected chi connectivity index (χ0v) is 24.6. The largest absolute Gasteiger partial charge is 0.493 e. The molecule has 3 aliphatic heterocycles. The van der Waals surface area contributed by atoms with Gasteiger partial charge < -0.3 is 24.4 Å². The summed E-state index contributed by atoms with van der Waals surface area (Å²) < 4.78 is 16.6. The van der Waals surface area contributed by atoms with E-state index in [0.717, 1.165) is 11.1 Å². The number of ether oxygens (including phenoxy) is 3. The zero-order chi connectivity index (χ0) is 30.0. The number of carbonyl (C=O) groups is 3. The summed E-state index contributed by atoms with van der Waals surface area (Å²) in [4.78, 5) is 46.0. The van der Waals surface area contributed by atoms with Gasteiger partial charge in [0.05, 0.1) is 39.3 Å². The molecule has 1 fully saturated rings. The predicted octanol–water partition coefficient (Wildman–Crippen LogP) is 5.43. The van der Waals surface area contributed by atoms with Crippen LogP contribution in [-0.4, -0.2) is 49.7 Å². The van der Waals surface area contributed by atoms with Gasteiger partial charge in [-0.1, -0.05) is 63.2 Å². The molecule has 1 amide bonds. The second-order valence-corrected chi connectivity index (χ2v) is 12.0. The van der Waals surface area contributed by atoms with Crippen molar-refractivity contribution >= 4 is 29.2 Å². The minimum absolute atomic E-state index is 0.128. The summed E-state index contributed by atoms with van der Waals surface area (Å²) in [5.74, 6) is -0.899. The van der Waals surface area contributed by atoms with E-state index in [1.807, 2.05) is 86.5 Å². The summed E-state index contributed by atoms with van der Waals surface area (Å²) in [6.07, 6.45) is 3.83. The van der Waals surface area contributed by atoms with E-state index >= 15 is 4.79 Å². The molecule has 3 heterocycles. The van der Waals surface area contributed by atoms with Gasteiger partial charge >= 0.3 is 0 Å². The highest BCUT2D eigenvalue weighted by Crippen LogP contribution is 2.62. The molecular formula is C34H34N2O6. The highest BCUT2D eigenvalue weighted by Gasteiger charge is 2.71. The van der Waals surface area contributed by atoms with E-state index in [1.165, 1.54) is 21.3 Å². The Morgan fingerprint density at radius 2 is 1.55 bits per heavy atom. The molecule has 0 radical (unpaired) electrons. The molecule has 3 aliphatic rings. The fraction of sp³-hybridized carbons (Fsp3) is 0.324. The number of nitrogens with zero attached hydrogens (tertiary/aromatic N) is 1. The molecule has 1 N–H and O–H groups in total. The number of rotatable bonds is 6. The number of carbonyl (C=O) groups excluding carboxylic acids is 3. The second kappa shape index (κ2) is 9.76. The van der Waals surface area contributed by atoms with Crippen LogP contribution in [-0.2, 0) is 15.0 Å². The Kier molecular flexibility index (Phi) is 6.40. The van der Waals surface area contributed by atoms with Gasteiger partial charge in [0.1, 0.15) is 5.41 Å². The van der Waals surface area contributed by atoms with Crippen LogP contribution in [0, 0.1) is 11.3 Å². The van der Waals surface area contributed by atoms with Gasteiger partial charge in [0, 0.05) is 22.9 Å². The maximum atomic E-state index is 15.1. The van der Waals surface area contributed by atoms with E-state index < -0.39 is 28.8 Å². The van der Waals surface area contributed by atoms with Crippen molar-refractivity contribution in [1.82, 2.24) is 4.90 Å². The number of nitrogens with one attached hydrogen (secondary N) is 1. The summed E-state index contributed by atoms with van der Waals surface area (Å²) in [6, 6.07) is 17.0. The summed E-state index contributed by atoms with van der Waals surface area (Å²) in [6.45, 7) is 5.54. The Balaban J connectivity index is 1.68. The number of hydrogen-bond acceptors (Lipinski definition) is 7. The maximum Gasteiger partial charge on any atom is 0.238 e. The van der Waals surface area contributed by atoms with Crippen molar-refractivity contribution in [3.63, 3.8) is 0 Å². The van der Waals surface area contributed by atoms with Gasteiger partial charge in [-0.3, -0.25) is 14.4 Å². The minimum Gasteiger partial charge on any atom is -0.493 e. The molecule has 1 spiro atoms. The standard InChI is InChI=1S/C34H34N2O6/c1-33(2,3)31(38)27-26(28(37)20-17-24(40-4)29(42-6)25(18-20)41-5)34(22-13-9-10-14-23(22)35-32(34)39)30-21-12-8-7-11-19(21)15-16-36(27)30/h7-18,26-27,30H,1-6H3,(H,35,39)/t26-,27+,30+,34-/m0/s1. The van der Waals surface area contributed by atoms with E-state index in [-0.39, 0.29) is 23.0 Å². The number of benzene rings is 3. The summed E-state index contributed by atoms with van der Waals surface area (Å²) >= 11 is 0. The van der Waals surface area contributed by atoms with Crippen molar-refractivity contribution in [2.45, 2.75) is 38.3 Å². The van der Waals surface area contributed by atoms with Crippen LogP contribution in [0.25, 0.3) is 6.08 Å². The van der Waals surface area contributed by atoms with Crippen molar-refractivity contribution < 1.29 is 28.6 Å². The fourth-order valence-corrected chi connectivity index (χ4v) is 7.01. The van der Waals surface area contributed by atoms with Crippen molar-refractivity contribution in [3.05, 3.63) is 89.1 Å². The Labute approximate surface area is 245 Å². The van der Waals surface area contributed by atoms with Gasteiger partial charge in [-0.25, -0.2) is 0 Å². The summed E-state index contributed by atoms with van der Waals surface area (Å²) in [5.41, 5.74) is 1.23. The SMILES string of the molecule is COc1cc(C(=O)[C@@H]2[C@H](C(=O)C(C)(C)C)N3C=Cc4ccccc4[C@@H]3[C@@]23C(=O)Nc2ccccc23)cc(OC)c1OC. The van der Waals surface area contributed by atoms with Crippen LogP contribution in [0.5, 0.6) is 17.2 Å². The average molecular weight is 567 g/mol. The molecular weight excluding hydrogens is 532 g/mol. The molecule has 6 rings (SSSR count). The van der Waals surface area contributed by atoms with Gasteiger partial charge in [-0.2, -0.15) is 0 Å². The first-order chi connectivity index (χ1) is 20.1. The third kappa shape index (κ3) is 3.70. The lowest BCUT2D eigenvalue weighted by molar-refractivity contribution is -0.131. The Bertz CT molecular complexity index is 1630. The number of para-hydroxylation sites is 1. The maximum absolute atomic E-state index is 15.1. The molecule has 3 aromatic carbocycles. The summed E-state index contributed by atoms with van der Waals surface area (Å²) in [7, 11) is 4.46. The van der Waals surface area contributed by atoms with Crippen LogP contribution < -0.4 is 19.5 Å². The minimum atomic E-state index is -1.40. The molecule has 0 aromatic heterocycles. The van der Waals surface area contributed by atoms with Crippen molar-refractivity contribution in [1.29, 1.82) is 0 Å². The molecule has 42 heavy (non-hydrogen) atoms. The molecule has 0 unspecified atom stereocenters. The average Bonchev–Trinajstić information content (AvgIpc) is 3.47. The third-order valence-electron chi connectivity index (χ3n) is 8.81. The Morgan fingerprint density at radius 1 is 0.905 bits per heavy atom. The Morgan fingerprint density at radius 3 is 2.19 bits per heavy atom. The molecule has 8 heteroatoms. The highest BCUT2D eigenvalue weighted by molar-refractivity contribution is 6.15. The first kappa shape index (κ1) is 27.6. The van der Waals surface area contributed by atoms with Gasteiger partial charge in [0.25, 0.3) is 0 Å².